The minimum atomic E-state index is -4.72. The van der Waals surface area contributed by atoms with Gasteiger partial charge in [-0.1, -0.05) is 6.58 Å². The van der Waals surface area contributed by atoms with E-state index in [9.17, 15) is 17.8 Å². The molecule has 4 N–H and O–H groups in total. The van der Waals surface area contributed by atoms with Gasteiger partial charge in [-0.2, -0.15) is 0 Å². The molecular weight excluding hydrogens is 262 g/mol. The summed E-state index contributed by atoms with van der Waals surface area (Å²) in [6.45, 7) is 8.01. The highest BCUT2D eigenvalue weighted by atomic mass is 32.3. The topological polar surface area (TPSA) is 129 Å². The minimum Gasteiger partial charge on any atom is -0.726 e. The van der Waals surface area contributed by atoms with Crippen molar-refractivity contribution in [3.63, 3.8) is 0 Å². The van der Waals surface area contributed by atoms with Crippen LogP contribution in [0.2, 0.25) is 0 Å². The zero-order valence-corrected chi connectivity index (χ0v) is 12.0. The van der Waals surface area contributed by atoms with Gasteiger partial charge in [-0.25, -0.2) is 13.2 Å². The van der Waals surface area contributed by atoms with E-state index < -0.39 is 22.0 Å². The molecule has 0 unspecified atom stereocenters. The Morgan fingerprint density at radius 3 is 2.28 bits per heavy atom. The molecule has 0 aromatic rings. The number of ether oxygens (including phenoxy) is 1. The Hall–Kier alpha value is -0.960. The van der Waals surface area contributed by atoms with Gasteiger partial charge in [0.15, 0.2) is 0 Å². The average Bonchev–Trinajstić information content (AvgIpc) is 2.07. The average molecular weight is 283 g/mol. The van der Waals surface area contributed by atoms with Gasteiger partial charge < -0.3 is 15.4 Å². The van der Waals surface area contributed by atoms with E-state index in [1.165, 1.54) is 20.8 Å². The van der Waals surface area contributed by atoms with Crippen molar-refractivity contribution in [1.82, 2.24) is 6.15 Å². The van der Waals surface area contributed by atoms with Gasteiger partial charge in [0.2, 0.25) is 10.4 Å². The first-order valence-corrected chi connectivity index (χ1v) is 6.36. The highest BCUT2D eigenvalue weighted by Gasteiger charge is 2.21. The number of carbonyl (C=O) groups excluding carboxylic acids is 1. The summed E-state index contributed by atoms with van der Waals surface area (Å²) < 4.78 is 40.4. The SMILES string of the molecule is C=C(C)C(=O)OCCCC(C)(C)OS(=O)(=O)[O-].[NH4+]. The van der Waals surface area contributed by atoms with Crippen molar-refractivity contribution in [2.45, 2.75) is 39.2 Å². The van der Waals surface area contributed by atoms with E-state index in [1.807, 2.05) is 0 Å². The number of rotatable bonds is 7. The molecular formula is C10H21NO6S. The smallest absolute Gasteiger partial charge is 0.333 e. The number of hydrogen-bond acceptors (Lipinski definition) is 6. The van der Waals surface area contributed by atoms with Crippen LogP contribution in [0.5, 0.6) is 0 Å². The fourth-order valence-corrected chi connectivity index (χ4v) is 1.74. The van der Waals surface area contributed by atoms with Crippen molar-refractivity contribution in [2.75, 3.05) is 6.61 Å². The third-order valence-corrected chi connectivity index (χ3v) is 2.49. The van der Waals surface area contributed by atoms with Gasteiger partial charge in [-0.05, 0) is 33.6 Å². The van der Waals surface area contributed by atoms with Gasteiger partial charge in [0.05, 0.1) is 12.2 Å². The Morgan fingerprint density at radius 2 is 1.89 bits per heavy atom. The summed E-state index contributed by atoms with van der Waals surface area (Å²) >= 11 is 0. The van der Waals surface area contributed by atoms with Gasteiger partial charge in [-0.3, -0.25) is 4.18 Å². The van der Waals surface area contributed by atoms with Crippen LogP contribution in [0.15, 0.2) is 12.2 Å². The Labute approximate surface area is 108 Å². The molecule has 0 aromatic carbocycles. The molecule has 108 valence electrons. The van der Waals surface area contributed by atoms with Crippen LogP contribution in [0.1, 0.15) is 33.6 Å². The second kappa shape index (κ2) is 7.47. The molecule has 18 heavy (non-hydrogen) atoms. The molecule has 0 aliphatic rings. The molecule has 7 nitrogen and oxygen atoms in total. The summed E-state index contributed by atoms with van der Waals surface area (Å²) in [5.41, 5.74) is -0.807. The fraction of sp³-hybridized carbons (Fsp3) is 0.700. The number of esters is 1. The largest absolute Gasteiger partial charge is 0.726 e. The molecule has 0 aliphatic heterocycles. The van der Waals surface area contributed by atoms with Crippen molar-refractivity contribution in [1.29, 1.82) is 0 Å². The highest BCUT2D eigenvalue weighted by Crippen LogP contribution is 2.18. The lowest BCUT2D eigenvalue weighted by Gasteiger charge is -2.25. The van der Waals surface area contributed by atoms with Gasteiger partial charge in [-0.15, -0.1) is 0 Å². The molecule has 0 saturated carbocycles. The third-order valence-electron chi connectivity index (χ3n) is 1.83. The molecule has 0 atom stereocenters. The second-order valence-electron chi connectivity index (χ2n) is 4.27. The lowest BCUT2D eigenvalue weighted by atomic mass is 10.0. The van der Waals surface area contributed by atoms with Gasteiger partial charge in [0.25, 0.3) is 0 Å². The van der Waals surface area contributed by atoms with Crippen LogP contribution in [0.3, 0.4) is 0 Å². The van der Waals surface area contributed by atoms with Gasteiger partial charge in [0, 0.05) is 5.57 Å². The van der Waals surface area contributed by atoms with Crippen molar-refractivity contribution < 1.29 is 26.7 Å². The maximum absolute atomic E-state index is 11.0. The van der Waals surface area contributed by atoms with E-state index in [-0.39, 0.29) is 19.2 Å². The fourth-order valence-electron chi connectivity index (χ4n) is 1.10. The van der Waals surface area contributed by atoms with Crippen molar-refractivity contribution >= 4 is 16.4 Å². The first kappa shape index (κ1) is 19.4. The van der Waals surface area contributed by atoms with Gasteiger partial charge >= 0.3 is 5.97 Å². The Balaban J connectivity index is 0. The molecule has 0 radical (unpaired) electrons. The standard InChI is InChI=1S/C10H18O6S.H3N/c1-8(2)9(11)15-7-5-6-10(3,4)16-17(12,13)14;/h1,5-7H2,2-4H3,(H,12,13,14);1H3. The molecule has 0 amide bonds. The van der Waals surface area contributed by atoms with Crippen LogP contribution in [0.4, 0.5) is 0 Å². The zero-order valence-electron chi connectivity index (χ0n) is 11.2. The van der Waals surface area contributed by atoms with E-state index in [2.05, 4.69) is 10.8 Å². The highest BCUT2D eigenvalue weighted by molar-refractivity contribution is 7.80. The van der Waals surface area contributed by atoms with Crippen LogP contribution < -0.4 is 6.15 Å². The lowest BCUT2D eigenvalue weighted by molar-refractivity contribution is -0.139. The van der Waals surface area contributed by atoms with E-state index in [0.717, 1.165) is 0 Å². The second-order valence-corrected chi connectivity index (χ2v) is 5.25. The zero-order chi connectivity index (χ0) is 13.7. The summed E-state index contributed by atoms with van der Waals surface area (Å²) in [7, 11) is -4.72. The number of quaternary nitrogens is 1. The first-order valence-electron chi connectivity index (χ1n) is 5.02. The summed E-state index contributed by atoms with van der Waals surface area (Å²) in [6, 6.07) is 0. The molecule has 0 aliphatic carbocycles. The van der Waals surface area contributed by atoms with E-state index >= 15 is 0 Å². The Bertz CT molecular complexity index is 387. The Morgan fingerprint density at radius 1 is 1.39 bits per heavy atom. The monoisotopic (exact) mass is 283 g/mol. The predicted molar refractivity (Wildman–Crippen MR) is 65.9 cm³/mol. The molecule has 0 heterocycles. The lowest BCUT2D eigenvalue weighted by Crippen LogP contribution is -2.28. The maximum atomic E-state index is 11.0. The normalized spacial score (nSPS) is 11.6. The summed E-state index contributed by atoms with van der Waals surface area (Å²) in [5.74, 6) is -0.500. The van der Waals surface area contributed by atoms with Crippen LogP contribution >= 0.6 is 0 Å². The van der Waals surface area contributed by atoms with Crippen molar-refractivity contribution in [2.24, 2.45) is 0 Å². The number of carbonyl (C=O) groups is 1. The van der Waals surface area contributed by atoms with Crippen LogP contribution in [-0.2, 0) is 24.1 Å². The number of hydrogen-bond donors (Lipinski definition) is 1. The van der Waals surface area contributed by atoms with Crippen LogP contribution in [-0.4, -0.2) is 31.1 Å². The molecule has 0 rings (SSSR count). The molecule has 0 saturated heterocycles. The molecule has 0 bridgehead atoms. The van der Waals surface area contributed by atoms with E-state index in [4.69, 9.17) is 4.74 Å². The maximum Gasteiger partial charge on any atom is 0.333 e. The summed E-state index contributed by atoms with van der Waals surface area (Å²) in [4.78, 5) is 11.0. The molecule has 0 spiro atoms. The quantitative estimate of drug-likeness (QED) is 0.248. The van der Waals surface area contributed by atoms with Crippen LogP contribution in [0.25, 0.3) is 0 Å². The van der Waals surface area contributed by atoms with Gasteiger partial charge in [0.1, 0.15) is 0 Å². The summed E-state index contributed by atoms with van der Waals surface area (Å²) in [5, 5.41) is 0. The molecule has 0 fully saturated rings. The van der Waals surface area contributed by atoms with E-state index in [1.54, 1.807) is 0 Å². The Kier molecular flexibility index (Phi) is 8.04. The predicted octanol–water partition coefficient (Wildman–Crippen LogP) is 1.52. The van der Waals surface area contributed by atoms with Crippen LogP contribution in [0, 0.1) is 0 Å². The van der Waals surface area contributed by atoms with Crippen molar-refractivity contribution in [3.05, 3.63) is 12.2 Å². The minimum absolute atomic E-state index is 0. The molecule has 0 aromatic heterocycles. The molecule has 8 heteroatoms. The third kappa shape index (κ3) is 10.2. The first-order chi connectivity index (χ1) is 7.53. The van der Waals surface area contributed by atoms with Crippen molar-refractivity contribution in [3.8, 4) is 0 Å². The van der Waals surface area contributed by atoms with E-state index in [0.29, 0.717) is 12.0 Å². The summed E-state index contributed by atoms with van der Waals surface area (Å²) in [6.07, 6.45) is 0.666.